The number of allylic oxidation sites excluding steroid dienone is 1. The van der Waals surface area contributed by atoms with Crippen molar-refractivity contribution in [2.24, 2.45) is 0 Å². The smallest absolute Gasteiger partial charge is 0.315 e. The van der Waals surface area contributed by atoms with Crippen molar-refractivity contribution < 1.29 is 14.8 Å². The fourth-order valence-electron chi connectivity index (χ4n) is 3.60. The number of thiophene rings is 1. The lowest BCUT2D eigenvalue weighted by Gasteiger charge is -2.09. The lowest BCUT2D eigenvalue weighted by Crippen LogP contribution is -2.12. The number of ether oxygens (including phenoxy) is 1. The van der Waals surface area contributed by atoms with Crippen LogP contribution in [0.4, 0.5) is 5.69 Å². The Morgan fingerprint density at radius 1 is 1.43 bits per heavy atom. The average molecular weight is 424 g/mol. The number of aromatic nitrogens is 2. The molecular formula is C20H16N4O5S. The molecule has 0 aliphatic heterocycles. The summed E-state index contributed by atoms with van der Waals surface area (Å²) in [4.78, 5) is 32.1. The summed E-state index contributed by atoms with van der Waals surface area (Å²) >= 11 is 1.47. The molecule has 1 aliphatic rings. The molecule has 2 N–H and O–H groups in total. The van der Waals surface area contributed by atoms with Gasteiger partial charge >= 0.3 is 5.69 Å². The zero-order chi connectivity index (χ0) is 21.4. The molecule has 0 saturated heterocycles. The zero-order valence-electron chi connectivity index (χ0n) is 15.9. The zero-order valence-corrected chi connectivity index (χ0v) is 16.7. The van der Waals surface area contributed by atoms with Gasteiger partial charge in [-0.3, -0.25) is 14.9 Å². The third-order valence-electron chi connectivity index (χ3n) is 5.01. The van der Waals surface area contributed by atoms with E-state index in [4.69, 9.17) is 4.74 Å². The van der Waals surface area contributed by atoms with E-state index >= 15 is 0 Å². The number of phenols is 1. The lowest BCUT2D eigenvalue weighted by molar-refractivity contribution is -0.386. The van der Waals surface area contributed by atoms with Crippen molar-refractivity contribution in [3.63, 3.8) is 0 Å². The van der Waals surface area contributed by atoms with Crippen LogP contribution in [-0.2, 0) is 12.8 Å². The number of methoxy groups -OCH3 is 1. The van der Waals surface area contributed by atoms with E-state index < -0.39 is 16.4 Å². The minimum Gasteiger partial charge on any atom is -0.500 e. The van der Waals surface area contributed by atoms with Gasteiger partial charge in [0.15, 0.2) is 11.6 Å². The SMILES string of the molecule is COc1cc(/C=C(\C#N)c2nc3sc4c(c3c(=O)[nH]2)CCCC4)cc([N+](=O)[O-])c1O. The Morgan fingerprint density at radius 2 is 2.20 bits per heavy atom. The number of hydrogen-bond acceptors (Lipinski definition) is 8. The summed E-state index contributed by atoms with van der Waals surface area (Å²) in [7, 11) is 1.27. The van der Waals surface area contributed by atoms with Crippen molar-refractivity contribution in [3.05, 3.63) is 54.4 Å². The summed E-state index contributed by atoms with van der Waals surface area (Å²) in [5, 5.41) is 31.3. The van der Waals surface area contributed by atoms with Gasteiger partial charge in [0.05, 0.1) is 23.0 Å². The van der Waals surface area contributed by atoms with E-state index in [1.165, 1.54) is 30.6 Å². The molecule has 2 heterocycles. The van der Waals surface area contributed by atoms with Crippen LogP contribution >= 0.6 is 11.3 Å². The summed E-state index contributed by atoms with van der Waals surface area (Å²) in [5.74, 6) is -0.617. The molecule has 3 aromatic rings. The predicted octanol–water partition coefficient (Wildman–Crippen LogP) is 3.55. The van der Waals surface area contributed by atoms with Gasteiger partial charge in [0.1, 0.15) is 10.9 Å². The van der Waals surface area contributed by atoms with Crippen molar-refractivity contribution in [3.8, 4) is 17.6 Å². The van der Waals surface area contributed by atoms with E-state index in [0.29, 0.717) is 10.2 Å². The minimum atomic E-state index is -0.746. The van der Waals surface area contributed by atoms with Crippen LogP contribution < -0.4 is 10.3 Å². The van der Waals surface area contributed by atoms with E-state index in [1.54, 1.807) is 0 Å². The van der Waals surface area contributed by atoms with E-state index in [0.717, 1.165) is 42.2 Å². The maximum Gasteiger partial charge on any atom is 0.315 e. The summed E-state index contributed by atoms with van der Waals surface area (Å²) in [6.45, 7) is 0. The average Bonchev–Trinajstić information content (AvgIpc) is 3.11. The predicted molar refractivity (Wildman–Crippen MR) is 112 cm³/mol. The highest BCUT2D eigenvalue weighted by Gasteiger charge is 2.22. The molecule has 2 aromatic heterocycles. The maximum atomic E-state index is 12.7. The Morgan fingerprint density at radius 3 is 2.90 bits per heavy atom. The first-order chi connectivity index (χ1) is 14.4. The van der Waals surface area contributed by atoms with Crippen molar-refractivity contribution in [1.82, 2.24) is 9.97 Å². The molecule has 0 fully saturated rings. The number of aromatic hydroxyl groups is 1. The van der Waals surface area contributed by atoms with Gasteiger partial charge in [-0.25, -0.2) is 4.98 Å². The van der Waals surface area contributed by atoms with Crippen LogP contribution in [-0.4, -0.2) is 27.1 Å². The first-order valence-corrected chi connectivity index (χ1v) is 9.96. The molecule has 4 rings (SSSR count). The van der Waals surface area contributed by atoms with E-state index in [9.17, 15) is 25.3 Å². The van der Waals surface area contributed by atoms with Crippen LogP contribution in [0.2, 0.25) is 0 Å². The quantitative estimate of drug-likeness (QED) is 0.370. The van der Waals surface area contributed by atoms with Gasteiger partial charge < -0.3 is 14.8 Å². The molecule has 152 valence electrons. The number of aryl methyl sites for hydroxylation is 2. The number of benzene rings is 1. The third-order valence-corrected chi connectivity index (χ3v) is 6.19. The number of nitriles is 1. The molecular weight excluding hydrogens is 408 g/mol. The number of fused-ring (bicyclic) bond motifs is 3. The second-order valence-electron chi connectivity index (χ2n) is 6.82. The molecule has 10 heteroatoms. The van der Waals surface area contributed by atoms with Gasteiger partial charge in [-0.15, -0.1) is 11.3 Å². The molecule has 1 aliphatic carbocycles. The largest absolute Gasteiger partial charge is 0.500 e. The monoisotopic (exact) mass is 424 g/mol. The van der Waals surface area contributed by atoms with Crippen molar-refractivity contribution >= 4 is 38.9 Å². The molecule has 30 heavy (non-hydrogen) atoms. The van der Waals surface area contributed by atoms with Crippen molar-refractivity contribution in [2.45, 2.75) is 25.7 Å². The number of H-pyrrole nitrogens is 1. The Kier molecular flexibility index (Phi) is 4.97. The Labute approximate surface area is 174 Å². The van der Waals surface area contributed by atoms with Crippen LogP contribution in [0.15, 0.2) is 16.9 Å². The van der Waals surface area contributed by atoms with Crippen molar-refractivity contribution in [2.75, 3.05) is 7.11 Å². The Bertz CT molecular complexity index is 1320. The third kappa shape index (κ3) is 3.29. The Balaban J connectivity index is 1.85. The topological polar surface area (TPSA) is 142 Å². The number of rotatable bonds is 4. The van der Waals surface area contributed by atoms with Gasteiger partial charge in [-0.2, -0.15) is 5.26 Å². The number of nitrogens with zero attached hydrogens (tertiary/aromatic N) is 3. The van der Waals surface area contributed by atoms with Crippen LogP contribution in [0.1, 0.15) is 34.7 Å². The maximum absolute atomic E-state index is 12.7. The molecule has 9 nitrogen and oxygen atoms in total. The molecule has 0 radical (unpaired) electrons. The van der Waals surface area contributed by atoms with Gasteiger partial charge in [0, 0.05) is 10.9 Å². The highest BCUT2D eigenvalue weighted by molar-refractivity contribution is 7.18. The van der Waals surface area contributed by atoms with Gasteiger partial charge in [0.2, 0.25) is 5.75 Å². The van der Waals surface area contributed by atoms with E-state index in [-0.39, 0.29) is 28.3 Å². The summed E-state index contributed by atoms with van der Waals surface area (Å²) < 4.78 is 4.98. The second kappa shape index (κ2) is 7.61. The lowest BCUT2D eigenvalue weighted by atomic mass is 9.97. The number of hydrogen-bond donors (Lipinski definition) is 2. The van der Waals surface area contributed by atoms with E-state index in [2.05, 4.69) is 9.97 Å². The highest BCUT2D eigenvalue weighted by atomic mass is 32.1. The normalized spacial score (nSPS) is 13.7. The first kappa shape index (κ1) is 19.6. The summed E-state index contributed by atoms with van der Waals surface area (Å²) in [6, 6.07) is 4.46. The van der Waals surface area contributed by atoms with Crippen LogP contribution in [0.5, 0.6) is 11.5 Å². The van der Waals surface area contributed by atoms with E-state index in [1.807, 2.05) is 6.07 Å². The number of aromatic amines is 1. The first-order valence-electron chi connectivity index (χ1n) is 9.15. The fourth-order valence-corrected chi connectivity index (χ4v) is 4.87. The summed E-state index contributed by atoms with van der Waals surface area (Å²) in [5.41, 5.74) is 0.469. The van der Waals surface area contributed by atoms with Gasteiger partial charge in [-0.1, -0.05) is 0 Å². The molecule has 0 atom stereocenters. The molecule has 0 bridgehead atoms. The van der Waals surface area contributed by atoms with Crippen molar-refractivity contribution in [1.29, 1.82) is 5.26 Å². The number of phenolic OH excluding ortho intramolecular Hbond substituents is 1. The fraction of sp³-hybridized carbons (Fsp3) is 0.250. The molecule has 0 unspecified atom stereocenters. The highest BCUT2D eigenvalue weighted by Crippen LogP contribution is 2.38. The molecule has 0 spiro atoms. The molecule has 1 aromatic carbocycles. The molecule has 0 amide bonds. The minimum absolute atomic E-state index is 0.0300. The van der Waals surface area contributed by atoms with Gasteiger partial charge in [-0.05, 0) is 49.0 Å². The number of nitro benzene ring substituents is 1. The number of nitrogens with one attached hydrogen (secondary N) is 1. The second-order valence-corrected chi connectivity index (χ2v) is 7.91. The standard InChI is InChI=1S/C20H16N4O5S/c1-29-14-8-10(7-13(17(14)25)24(27)28)6-11(9-21)18-22-19(26)16-12-4-2-3-5-15(12)30-20(16)23-18/h6-8,25H,2-5H2,1H3,(H,22,23,26)/b11-6+. The van der Waals surface area contributed by atoms with Gasteiger partial charge in [0.25, 0.3) is 5.56 Å². The van der Waals surface area contributed by atoms with Crippen LogP contribution in [0, 0.1) is 21.4 Å². The van der Waals surface area contributed by atoms with Crippen LogP contribution in [0.25, 0.3) is 21.9 Å². The summed E-state index contributed by atoms with van der Waals surface area (Å²) in [6.07, 6.45) is 5.23. The molecule has 0 saturated carbocycles. The number of nitro groups is 1. The van der Waals surface area contributed by atoms with Crippen LogP contribution in [0.3, 0.4) is 0 Å². The Hall–Kier alpha value is -3.71.